The highest BCUT2D eigenvalue weighted by Gasteiger charge is 2.12. The number of rotatable bonds is 18. The molecule has 0 spiro atoms. The van der Waals surface area contributed by atoms with Crippen LogP contribution in [0.1, 0.15) is 102 Å². The first kappa shape index (κ1) is 26.5. The van der Waals surface area contributed by atoms with E-state index in [1.165, 1.54) is 82.4 Å². The number of unbranched alkanes of at least 4 members (excludes halogenated alkanes) is 12. The van der Waals surface area contributed by atoms with E-state index in [1.54, 1.807) is 6.07 Å². The van der Waals surface area contributed by atoms with Crippen LogP contribution in [-0.4, -0.2) is 23.2 Å². The van der Waals surface area contributed by atoms with Crippen molar-refractivity contribution in [2.24, 2.45) is 9.98 Å². The number of aliphatic imine (C=N–C) groups is 2. The van der Waals surface area contributed by atoms with Crippen LogP contribution in [0.25, 0.3) is 0 Å². The fourth-order valence-electron chi connectivity index (χ4n) is 3.82. The second kappa shape index (κ2) is 17.2. The molecule has 0 saturated carbocycles. The number of carbonyl (C=O) groups excluding carboxylic acids is 2. The van der Waals surface area contributed by atoms with Gasteiger partial charge < -0.3 is 5.11 Å². The Morgan fingerprint density at radius 3 is 1.65 bits per heavy atom. The van der Waals surface area contributed by atoms with Crippen LogP contribution < -0.4 is 0 Å². The lowest BCUT2D eigenvalue weighted by molar-refractivity contribution is -0.136. The predicted octanol–water partition coefficient (Wildman–Crippen LogP) is 6.88. The van der Waals surface area contributed by atoms with Crippen molar-refractivity contribution >= 4 is 29.5 Å². The minimum Gasteiger partial charge on any atom is -0.481 e. The number of aryl methyl sites for hydroxylation is 1. The molecule has 0 saturated heterocycles. The van der Waals surface area contributed by atoms with Crippen molar-refractivity contribution in [2.45, 2.75) is 103 Å². The van der Waals surface area contributed by atoms with Crippen LogP contribution in [0.15, 0.2) is 22.1 Å². The molecular formula is C25H36N2O4. The highest BCUT2D eigenvalue weighted by molar-refractivity contribution is 5.75. The van der Waals surface area contributed by atoms with E-state index in [0.29, 0.717) is 17.7 Å². The summed E-state index contributed by atoms with van der Waals surface area (Å²) in [6.07, 6.45) is 19.8. The summed E-state index contributed by atoms with van der Waals surface area (Å²) in [4.78, 5) is 39.8. The molecule has 0 heterocycles. The first-order valence-corrected chi connectivity index (χ1v) is 11.7. The first-order chi connectivity index (χ1) is 15.1. The number of aliphatic carboxylic acids is 1. The van der Waals surface area contributed by atoms with Crippen molar-refractivity contribution in [2.75, 3.05) is 0 Å². The third-order valence-electron chi connectivity index (χ3n) is 5.50. The quantitative estimate of drug-likeness (QED) is 0.156. The molecule has 0 radical (unpaired) electrons. The monoisotopic (exact) mass is 428 g/mol. The Morgan fingerprint density at radius 2 is 1.19 bits per heavy atom. The van der Waals surface area contributed by atoms with E-state index in [1.807, 2.05) is 0 Å². The molecule has 0 aromatic heterocycles. The molecule has 0 fully saturated rings. The third-order valence-corrected chi connectivity index (χ3v) is 5.50. The molecule has 170 valence electrons. The lowest BCUT2D eigenvalue weighted by Crippen LogP contribution is -2.01. The van der Waals surface area contributed by atoms with Crippen LogP contribution in [0.5, 0.6) is 0 Å². The Bertz CT molecular complexity index is 763. The molecule has 0 unspecified atom stereocenters. The summed E-state index contributed by atoms with van der Waals surface area (Å²) in [6.45, 7) is 2.25. The number of nitrogens with zero attached hydrogens (tertiary/aromatic N) is 2. The minimum absolute atomic E-state index is 0.181. The number of hydrogen-bond donors (Lipinski definition) is 1. The van der Waals surface area contributed by atoms with Gasteiger partial charge >= 0.3 is 5.97 Å². The van der Waals surface area contributed by atoms with Gasteiger partial charge in [-0.2, -0.15) is 9.98 Å². The number of carbonyl (C=O) groups is 1. The molecule has 6 nitrogen and oxygen atoms in total. The summed E-state index contributed by atoms with van der Waals surface area (Å²) in [5.74, 6) is -1.01. The Hall–Kier alpha value is -2.55. The van der Waals surface area contributed by atoms with Crippen molar-refractivity contribution in [3.05, 3.63) is 23.3 Å². The Kier molecular flexibility index (Phi) is 14.7. The molecule has 1 aromatic carbocycles. The summed E-state index contributed by atoms with van der Waals surface area (Å²) in [6, 6.07) is 3.15. The van der Waals surface area contributed by atoms with Crippen LogP contribution >= 0.6 is 0 Å². The van der Waals surface area contributed by atoms with E-state index in [4.69, 9.17) is 5.11 Å². The number of hydrogen-bond acceptors (Lipinski definition) is 5. The topological polar surface area (TPSA) is 96.2 Å². The number of carboxylic acid groups (broad SMARTS) is 1. The smallest absolute Gasteiger partial charge is 0.307 e. The van der Waals surface area contributed by atoms with Crippen LogP contribution in [0.2, 0.25) is 0 Å². The number of isocyanates is 2. The second-order valence-corrected chi connectivity index (χ2v) is 8.08. The van der Waals surface area contributed by atoms with Gasteiger partial charge in [0.1, 0.15) is 0 Å². The number of benzene rings is 1. The zero-order chi connectivity index (χ0) is 22.7. The van der Waals surface area contributed by atoms with Crippen LogP contribution in [-0.2, 0) is 27.2 Å². The normalized spacial score (nSPS) is 10.4. The summed E-state index contributed by atoms with van der Waals surface area (Å²) >= 11 is 0. The maximum atomic E-state index is 11.1. The molecule has 0 amide bonds. The van der Waals surface area contributed by atoms with Gasteiger partial charge in [0.15, 0.2) is 0 Å². The molecule has 0 aliphatic carbocycles. The highest BCUT2D eigenvalue weighted by atomic mass is 16.4. The van der Waals surface area contributed by atoms with E-state index >= 15 is 0 Å². The minimum atomic E-state index is -1.01. The average molecular weight is 429 g/mol. The van der Waals surface area contributed by atoms with Crippen LogP contribution in [0, 0.1) is 0 Å². The van der Waals surface area contributed by atoms with Gasteiger partial charge in [0.25, 0.3) is 0 Å². The zero-order valence-corrected chi connectivity index (χ0v) is 18.8. The molecule has 0 bridgehead atoms. The van der Waals surface area contributed by atoms with E-state index in [9.17, 15) is 14.4 Å². The van der Waals surface area contributed by atoms with Gasteiger partial charge in [0.05, 0.1) is 17.8 Å². The second-order valence-electron chi connectivity index (χ2n) is 8.08. The molecule has 1 rings (SSSR count). The maximum Gasteiger partial charge on any atom is 0.307 e. The van der Waals surface area contributed by atoms with Crippen LogP contribution in [0.4, 0.5) is 11.4 Å². The van der Waals surface area contributed by atoms with E-state index in [-0.39, 0.29) is 12.1 Å². The van der Waals surface area contributed by atoms with Crippen molar-refractivity contribution in [1.82, 2.24) is 0 Å². The van der Waals surface area contributed by atoms with Gasteiger partial charge in [-0.3, -0.25) is 4.79 Å². The lowest BCUT2D eigenvalue weighted by Gasteiger charge is -2.10. The highest BCUT2D eigenvalue weighted by Crippen LogP contribution is 2.31. The van der Waals surface area contributed by atoms with E-state index < -0.39 is 5.97 Å². The third kappa shape index (κ3) is 12.0. The summed E-state index contributed by atoms with van der Waals surface area (Å²) < 4.78 is 0. The van der Waals surface area contributed by atoms with Crippen molar-refractivity contribution in [1.29, 1.82) is 0 Å². The molecule has 1 aromatic rings. The van der Waals surface area contributed by atoms with Gasteiger partial charge in [-0.05, 0) is 30.0 Å². The summed E-state index contributed by atoms with van der Waals surface area (Å²) in [5, 5.41) is 9.10. The number of carboxylic acids is 1. The Labute approximate surface area is 185 Å². The molecule has 31 heavy (non-hydrogen) atoms. The van der Waals surface area contributed by atoms with E-state index in [2.05, 4.69) is 16.9 Å². The first-order valence-electron chi connectivity index (χ1n) is 11.7. The molecular weight excluding hydrogens is 392 g/mol. The molecule has 0 aliphatic heterocycles. The van der Waals surface area contributed by atoms with Gasteiger partial charge in [0, 0.05) is 0 Å². The van der Waals surface area contributed by atoms with Crippen molar-refractivity contribution in [3.8, 4) is 0 Å². The van der Waals surface area contributed by atoms with Gasteiger partial charge in [-0.25, -0.2) is 9.59 Å². The van der Waals surface area contributed by atoms with E-state index in [0.717, 1.165) is 24.8 Å². The van der Waals surface area contributed by atoms with Gasteiger partial charge in [0.2, 0.25) is 12.2 Å². The maximum absolute atomic E-state index is 11.1. The summed E-state index contributed by atoms with van der Waals surface area (Å²) in [5.41, 5.74) is 1.77. The zero-order valence-electron chi connectivity index (χ0n) is 18.8. The predicted molar refractivity (Wildman–Crippen MR) is 123 cm³/mol. The Balaban J connectivity index is 2.39. The van der Waals surface area contributed by atoms with Gasteiger partial charge in [-0.1, -0.05) is 90.0 Å². The van der Waals surface area contributed by atoms with Gasteiger partial charge in [-0.15, -0.1) is 0 Å². The molecule has 0 aliphatic rings. The Morgan fingerprint density at radius 1 is 0.742 bits per heavy atom. The molecule has 1 N–H and O–H groups in total. The SMILES string of the molecule is CCCCCCCCCCCCCCCc1cc(CC(=O)O)c(N=C=O)cc1N=C=O. The van der Waals surface area contributed by atoms with Crippen LogP contribution in [0.3, 0.4) is 0 Å². The van der Waals surface area contributed by atoms with Crippen molar-refractivity contribution < 1.29 is 19.5 Å². The van der Waals surface area contributed by atoms with Crippen molar-refractivity contribution in [3.63, 3.8) is 0 Å². The average Bonchev–Trinajstić information content (AvgIpc) is 2.74. The standard InChI is InChI=1S/C25H36N2O4/c1-2-3-4-5-6-7-8-9-10-11-12-13-14-15-21-16-22(17-25(30)31)24(27-20-29)18-23(21)26-19-28/h16,18H,2-15,17H2,1H3,(H,30,31). The lowest BCUT2D eigenvalue weighted by atomic mass is 9.98. The summed E-state index contributed by atoms with van der Waals surface area (Å²) in [7, 11) is 0. The molecule has 6 heteroatoms. The molecule has 0 atom stereocenters. The fraction of sp³-hybridized carbons (Fsp3) is 0.640. The fourth-order valence-corrected chi connectivity index (χ4v) is 3.82. The largest absolute Gasteiger partial charge is 0.481 e.